The summed E-state index contributed by atoms with van der Waals surface area (Å²) >= 11 is 0. The van der Waals surface area contributed by atoms with Crippen LogP contribution in [-0.2, 0) is 0 Å². The molecule has 0 bridgehead atoms. The van der Waals surface area contributed by atoms with Crippen LogP contribution >= 0.6 is 0 Å². The van der Waals surface area contributed by atoms with E-state index in [-0.39, 0.29) is 11.9 Å². The van der Waals surface area contributed by atoms with Gasteiger partial charge in [0.05, 0.1) is 13.2 Å². The summed E-state index contributed by atoms with van der Waals surface area (Å²) in [6, 6.07) is 18.2. The lowest BCUT2D eigenvalue weighted by Crippen LogP contribution is -2.35. The van der Waals surface area contributed by atoms with Gasteiger partial charge >= 0.3 is 0 Å². The number of benzene rings is 2. The number of hydrogen-bond acceptors (Lipinski definition) is 2. The third-order valence-electron chi connectivity index (χ3n) is 5.27. The van der Waals surface area contributed by atoms with Gasteiger partial charge in [0.15, 0.2) is 0 Å². The Balaban J connectivity index is 1.66. The summed E-state index contributed by atoms with van der Waals surface area (Å²) in [4.78, 5) is 18.6. The lowest BCUT2D eigenvalue weighted by Gasteiger charge is -2.30. The van der Waals surface area contributed by atoms with Crippen LogP contribution < -0.4 is 4.74 Å². The molecule has 0 radical (unpaired) electrons. The van der Waals surface area contributed by atoms with Crippen molar-refractivity contribution in [1.29, 1.82) is 0 Å². The van der Waals surface area contributed by atoms with Gasteiger partial charge in [0.25, 0.3) is 5.91 Å². The van der Waals surface area contributed by atoms with Crippen LogP contribution in [0.5, 0.6) is 5.75 Å². The van der Waals surface area contributed by atoms with E-state index in [9.17, 15) is 4.79 Å². The standard InChI is InChI=1S/C22H24N2O2/c1-26-18-12-10-16(11-13-18)21-9-3-2-6-14-24(21)22(25)20-15-17-7-4-5-8-19(17)23-20/h4-5,7-8,10-13,15,21,23H,2-3,6,9,14H2,1H3/t21-/m1/s1. The number of carbonyl (C=O) groups excluding carboxylic acids is 1. The van der Waals surface area contributed by atoms with Crippen molar-refractivity contribution in [2.45, 2.75) is 31.7 Å². The fraction of sp³-hybridized carbons (Fsp3) is 0.318. The number of fused-ring (bicyclic) bond motifs is 1. The molecule has 0 aliphatic carbocycles. The Bertz CT molecular complexity index is 865. The maximum absolute atomic E-state index is 13.3. The minimum Gasteiger partial charge on any atom is -0.497 e. The van der Waals surface area contributed by atoms with E-state index >= 15 is 0 Å². The molecule has 0 spiro atoms. The smallest absolute Gasteiger partial charge is 0.270 e. The molecule has 4 heteroatoms. The third-order valence-corrected chi connectivity index (χ3v) is 5.27. The predicted octanol–water partition coefficient (Wildman–Crippen LogP) is 4.93. The van der Waals surface area contributed by atoms with Gasteiger partial charge in [-0.05, 0) is 42.7 Å². The Hall–Kier alpha value is -2.75. The Morgan fingerprint density at radius 3 is 2.65 bits per heavy atom. The number of aromatic nitrogens is 1. The van der Waals surface area contributed by atoms with Crippen molar-refractivity contribution in [2.24, 2.45) is 0 Å². The molecule has 1 aliphatic rings. The molecule has 4 rings (SSSR count). The van der Waals surface area contributed by atoms with Crippen LogP contribution in [0.1, 0.15) is 47.8 Å². The van der Waals surface area contributed by atoms with Crippen molar-refractivity contribution in [1.82, 2.24) is 9.88 Å². The van der Waals surface area contributed by atoms with Crippen LogP contribution in [-0.4, -0.2) is 29.4 Å². The van der Waals surface area contributed by atoms with Gasteiger partial charge in [-0.25, -0.2) is 0 Å². The van der Waals surface area contributed by atoms with Crippen molar-refractivity contribution in [3.05, 3.63) is 65.9 Å². The van der Waals surface area contributed by atoms with Gasteiger partial charge in [-0.3, -0.25) is 4.79 Å². The average Bonchev–Trinajstić information content (AvgIpc) is 2.97. The fourth-order valence-corrected chi connectivity index (χ4v) is 3.87. The molecule has 0 saturated carbocycles. The number of rotatable bonds is 3. The van der Waals surface area contributed by atoms with Gasteiger partial charge in [0.1, 0.15) is 11.4 Å². The molecule has 4 nitrogen and oxygen atoms in total. The molecule has 1 saturated heterocycles. The molecule has 2 heterocycles. The fourth-order valence-electron chi connectivity index (χ4n) is 3.87. The van der Waals surface area contributed by atoms with E-state index in [1.807, 2.05) is 47.4 Å². The van der Waals surface area contributed by atoms with Crippen LogP contribution in [0.25, 0.3) is 10.9 Å². The molecule has 2 aromatic carbocycles. The molecule has 134 valence electrons. The number of hydrogen-bond donors (Lipinski definition) is 1. The first-order chi connectivity index (χ1) is 12.8. The highest BCUT2D eigenvalue weighted by molar-refractivity contribution is 5.98. The normalized spacial score (nSPS) is 17.9. The van der Waals surface area contributed by atoms with E-state index in [0.717, 1.165) is 42.5 Å². The Morgan fingerprint density at radius 2 is 1.88 bits per heavy atom. The van der Waals surface area contributed by atoms with Gasteiger partial charge < -0.3 is 14.6 Å². The summed E-state index contributed by atoms with van der Waals surface area (Å²) in [7, 11) is 1.67. The number of methoxy groups -OCH3 is 1. The zero-order chi connectivity index (χ0) is 17.9. The van der Waals surface area contributed by atoms with Gasteiger partial charge in [0.2, 0.25) is 0 Å². The highest BCUT2D eigenvalue weighted by atomic mass is 16.5. The number of amides is 1. The van der Waals surface area contributed by atoms with Crippen LogP contribution in [0.2, 0.25) is 0 Å². The van der Waals surface area contributed by atoms with E-state index in [1.165, 1.54) is 12.0 Å². The van der Waals surface area contributed by atoms with Crippen LogP contribution in [0, 0.1) is 0 Å². The molecule has 1 atom stereocenters. The molecule has 1 amide bonds. The third kappa shape index (κ3) is 3.19. The second-order valence-corrected chi connectivity index (χ2v) is 6.91. The second kappa shape index (κ2) is 7.24. The molecule has 1 fully saturated rings. The van der Waals surface area contributed by atoms with Crippen molar-refractivity contribution < 1.29 is 9.53 Å². The van der Waals surface area contributed by atoms with E-state index in [1.54, 1.807) is 7.11 Å². The first-order valence-corrected chi connectivity index (χ1v) is 9.29. The van der Waals surface area contributed by atoms with Crippen molar-refractivity contribution in [2.75, 3.05) is 13.7 Å². The minimum absolute atomic E-state index is 0.0870. The van der Waals surface area contributed by atoms with Crippen LogP contribution in [0.4, 0.5) is 0 Å². The van der Waals surface area contributed by atoms with Crippen molar-refractivity contribution in [3.8, 4) is 5.75 Å². The molecule has 0 unspecified atom stereocenters. The minimum atomic E-state index is 0.0870. The molecule has 1 aromatic heterocycles. The lowest BCUT2D eigenvalue weighted by atomic mass is 10.0. The average molecular weight is 348 g/mol. The number of nitrogens with one attached hydrogen (secondary N) is 1. The topological polar surface area (TPSA) is 45.3 Å². The van der Waals surface area contributed by atoms with E-state index in [4.69, 9.17) is 4.74 Å². The summed E-state index contributed by atoms with van der Waals surface area (Å²) in [5.74, 6) is 0.930. The molecule has 1 aliphatic heterocycles. The predicted molar refractivity (Wildman–Crippen MR) is 104 cm³/mol. The van der Waals surface area contributed by atoms with Crippen LogP contribution in [0.3, 0.4) is 0 Å². The number of aromatic amines is 1. The Kier molecular flexibility index (Phi) is 4.65. The van der Waals surface area contributed by atoms with Crippen molar-refractivity contribution >= 4 is 16.8 Å². The lowest BCUT2D eigenvalue weighted by molar-refractivity contribution is 0.0676. The van der Waals surface area contributed by atoms with E-state index < -0.39 is 0 Å². The van der Waals surface area contributed by atoms with Gasteiger partial charge in [-0.2, -0.15) is 0 Å². The summed E-state index contributed by atoms with van der Waals surface area (Å²) < 4.78 is 5.27. The number of likely N-dealkylation sites (tertiary alicyclic amines) is 1. The summed E-state index contributed by atoms with van der Waals surface area (Å²) in [5, 5.41) is 1.08. The number of nitrogens with zero attached hydrogens (tertiary/aromatic N) is 1. The number of para-hydroxylation sites is 1. The molecular weight excluding hydrogens is 324 g/mol. The highest BCUT2D eigenvalue weighted by Crippen LogP contribution is 2.32. The molecule has 1 N–H and O–H groups in total. The zero-order valence-electron chi connectivity index (χ0n) is 15.1. The maximum atomic E-state index is 13.3. The molecular formula is C22H24N2O2. The number of H-pyrrole nitrogens is 1. The number of ether oxygens (including phenoxy) is 1. The van der Waals surface area contributed by atoms with Crippen LogP contribution in [0.15, 0.2) is 54.6 Å². The maximum Gasteiger partial charge on any atom is 0.270 e. The highest BCUT2D eigenvalue weighted by Gasteiger charge is 2.28. The summed E-state index contributed by atoms with van der Waals surface area (Å²) in [5.41, 5.74) is 2.86. The first kappa shape index (κ1) is 16.7. The van der Waals surface area contributed by atoms with E-state index in [0.29, 0.717) is 5.69 Å². The second-order valence-electron chi connectivity index (χ2n) is 6.91. The van der Waals surface area contributed by atoms with E-state index in [2.05, 4.69) is 17.1 Å². The summed E-state index contributed by atoms with van der Waals surface area (Å²) in [6.45, 7) is 0.797. The summed E-state index contributed by atoms with van der Waals surface area (Å²) in [6.07, 6.45) is 4.37. The number of carbonyl (C=O) groups is 1. The van der Waals surface area contributed by atoms with Gasteiger partial charge in [0, 0.05) is 17.4 Å². The Labute approximate surface area is 153 Å². The Morgan fingerprint density at radius 1 is 1.08 bits per heavy atom. The molecule has 3 aromatic rings. The zero-order valence-corrected chi connectivity index (χ0v) is 15.1. The largest absolute Gasteiger partial charge is 0.497 e. The monoisotopic (exact) mass is 348 g/mol. The quantitative estimate of drug-likeness (QED) is 0.729. The van der Waals surface area contributed by atoms with Gasteiger partial charge in [-0.15, -0.1) is 0 Å². The SMILES string of the molecule is COc1ccc([C@H]2CCCCCN2C(=O)c2cc3ccccc3[nH]2)cc1. The first-order valence-electron chi connectivity index (χ1n) is 9.29. The van der Waals surface area contributed by atoms with Gasteiger partial charge in [-0.1, -0.05) is 43.2 Å². The van der Waals surface area contributed by atoms with Crippen molar-refractivity contribution in [3.63, 3.8) is 0 Å². The molecule has 26 heavy (non-hydrogen) atoms.